The molecule has 0 fully saturated rings. The predicted octanol–water partition coefficient (Wildman–Crippen LogP) is 0.997. The van der Waals surface area contributed by atoms with Crippen LogP contribution >= 0.6 is 0 Å². The zero-order valence-electron chi connectivity index (χ0n) is 10.9. The van der Waals surface area contributed by atoms with Crippen LogP contribution in [0, 0.1) is 0 Å². The first-order valence-corrected chi connectivity index (χ1v) is 9.89. The minimum absolute atomic E-state index is 0.407. The third-order valence-corrected chi connectivity index (χ3v) is 6.95. The third kappa shape index (κ3) is 3.85. The van der Waals surface area contributed by atoms with Crippen LogP contribution in [0.25, 0.3) is 0 Å². The maximum atomic E-state index is 2.38. The molecule has 20 heavy (non-hydrogen) atoms. The normalized spacial score (nSPS) is 10.4. The van der Waals surface area contributed by atoms with Crippen molar-refractivity contribution in [3.8, 4) is 0 Å². The summed E-state index contributed by atoms with van der Waals surface area (Å²) in [6, 6.07) is 30.6. The van der Waals surface area contributed by atoms with Gasteiger partial charge < -0.3 is 0 Å². The first-order valence-electron chi connectivity index (χ1n) is 6.46. The van der Waals surface area contributed by atoms with Gasteiger partial charge in [0.2, 0.25) is 0 Å². The van der Waals surface area contributed by atoms with E-state index in [2.05, 4.69) is 84.9 Å². The molecule has 0 aliphatic heterocycles. The summed E-state index contributed by atoms with van der Waals surface area (Å²) in [5.41, 5.74) is 0. The number of hydrogen-bond donors (Lipinski definition) is 0. The molecule has 3 aromatic carbocycles. The van der Waals surface area contributed by atoms with Gasteiger partial charge in [-0.25, -0.2) is 0 Å². The van der Waals surface area contributed by atoms with E-state index in [0.29, 0.717) is 29.9 Å². The van der Waals surface area contributed by atoms with Crippen molar-refractivity contribution >= 4 is 47.8 Å². The topological polar surface area (TPSA) is 0 Å². The van der Waals surface area contributed by atoms with Gasteiger partial charge in [0.1, 0.15) is 0 Å². The van der Waals surface area contributed by atoms with Crippen molar-refractivity contribution in [3.63, 3.8) is 0 Å². The van der Waals surface area contributed by atoms with Crippen LogP contribution in [-0.2, 0) is 0 Å². The fourth-order valence-corrected chi connectivity index (χ4v) is 6.00. The molecule has 0 aromatic heterocycles. The fourth-order valence-electron chi connectivity index (χ4n) is 1.85. The van der Waals surface area contributed by atoms with Crippen molar-refractivity contribution in [1.82, 2.24) is 0 Å². The molecule has 0 saturated carbocycles. The van der Waals surface area contributed by atoms with Gasteiger partial charge in [0.15, 0.2) is 0 Å². The van der Waals surface area contributed by atoms with Crippen molar-refractivity contribution in [2.45, 2.75) is 0 Å². The maximum absolute atomic E-state index is 2.38. The SMILES string of the molecule is c1ccc([Se]c2cccc([Se]c3ccccc3)c2)cc1. The van der Waals surface area contributed by atoms with Crippen LogP contribution in [0.2, 0.25) is 0 Å². The van der Waals surface area contributed by atoms with Crippen molar-refractivity contribution < 1.29 is 0 Å². The van der Waals surface area contributed by atoms with E-state index in [-0.39, 0.29) is 0 Å². The second kappa shape index (κ2) is 6.92. The van der Waals surface area contributed by atoms with Crippen LogP contribution < -0.4 is 17.8 Å². The first kappa shape index (κ1) is 13.7. The van der Waals surface area contributed by atoms with Crippen molar-refractivity contribution in [2.75, 3.05) is 0 Å². The van der Waals surface area contributed by atoms with Crippen molar-refractivity contribution in [2.24, 2.45) is 0 Å². The van der Waals surface area contributed by atoms with Crippen LogP contribution in [0.4, 0.5) is 0 Å². The van der Waals surface area contributed by atoms with E-state index in [1.165, 1.54) is 17.8 Å². The van der Waals surface area contributed by atoms with Crippen LogP contribution in [0.1, 0.15) is 0 Å². The Morgan fingerprint density at radius 2 is 0.800 bits per heavy atom. The van der Waals surface area contributed by atoms with Gasteiger partial charge in [-0.05, 0) is 0 Å². The molecule has 0 bridgehead atoms. The summed E-state index contributed by atoms with van der Waals surface area (Å²) in [6.07, 6.45) is 0. The molecule has 0 heterocycles. The molecule has 98 valence electrons. The van der Waals surface area contributed by atoms with Gasteiger partial charge in [-0.1, -0.05) is 0 Å². The Labute approximate surface area is 132 Å². The summed E-state index contributed by atoms with van der Waals surface area (Å²) in [5.74, 6) is 0. The quantitative estimate of drug-likeness (QED) is 0.586. The van der Waals surface area contributed by atoms with E-state index in [9.17, 15) is 0 Å². The summed E-state index contributed by atoms with van der Waals surface area (Å²) in [6.45, 7) is 0. The fraction of sp³-hybridized carbons (Fsp3) is 0. The Balaban J connectivity index is 1.76. The van der Waals surface area contributed by atoms with Crippen LogP contribution in [0.15, 0.2) is 84.9 Å². The molecule has 0 unspecified atom stereocenters. The van der Waals surface area contributed by atoms with Gasteiger partial charge in [-0.15, -0.1) is 0 Å². The zero-order valence-corrected chi connectivity index (χ0v) is 14.3. The Kier molecular flexibility index (Phi) is 4.73. The number of benzene rings is 3. The average molecular weight is 388 g/mol. The molecule has 0 aliphatic carbocycles. The molecular formula is C18H14Se2. The Bertz CT molecular complexity index is 607. The molecule has 0 spiro atoms. The minimum atomic E-state index is 0.407. The summed E-state index contributed by atoms with van der Waals surface area (Å²) >= 11 is 0.814. The van der Waals surface area contributed by atoms with Gasteiger partial charge in [0, 0.05) is 0 Å². The monoisotopic (exact) mass is 390 g/mol. The summed E-state index contributed by atoms with van der Waals surface area (Å²) in [4.78, 5) is 0. The van der Waals surface area contributed by atoms with Crippen LogP contribution in [-0.4, -0.2) is 29.9 Å². The van der Waals surface area contributed by atoms with Crippen LogP contribution in [0.5, 0.6) is 0 Å². The van der Waals surface area contributed by atoms with E-state index in [1.54, 1.807) is 0 Å². The predicted molar refractivity (Wildman–Crippen MR) is 89.4 cm³/mol. The second-order valence-electron chi connectivity index (χ2n) is 4.31. The molecule has 3 aromatic rings. The first-order chi connectivity index (χ1) is 9.90. The van der Waals surface area contributed by atoms with E-state index < -0.39 is 0 Å². The molecule has 3 rings (SSSR count). The van der Waals surface area contributed by atoms with Gasteiger partial charge in [0.05, 0.1) is 0 Å². The Morgan fingerprint density at radius 3 is 1.25 bits per heavy atom. The zero-order chi connectivity index (χ0) is 13.6. The van der Waals surface area contributed by atoms with Crippen LogP contribution in [0.3, 0.4) is 0 Å². The molecular weight excluding hydrogens is 374 g/mol. The third-order valence-electron chi connectivity index (χ3n) is 2.76. The van der Waals surface area contributed by atoms with E-state index in [1.807, 2.05) is 0 Å². The number of hydrogen-bond acceptors (Lipinski definition) is 0. The standard InChI is InChI=1S/C18H14Se2/c1-3-8-15(9-4-1)19-17-12-7-13-18(14-17)20-16-10-5-2-6-11-16/h1-14H. The summed E-state index contributed by atoms with van der Waals surface area (Å²) in [5, 5.41) is 0. The van der Waals surface area contributed by atoms with Gasteiger partial charge in [0.25, 0.3) is 0 Å². The van der Waals surface area contributed by atoms with Gasteiger partial charge >= 0.3 is 133 Å². The molecule has 0 atom stereocenters. The molecule has 0 N–H and O–H groups in total. The molecule has 2 heteroatoms. The molecule has 0 saturated heterocycles. The summed E-state index contributed by atoms with van der Waals surface area (Å²) < 4.78 is 5.78. The molecule has 0 radical (unpaired) electrons. The molecule has 0 nitrogen and oxygen atoms in total. The van der Waals surface area contributed by atoms with E-state index in [4.69, 9.17) is 0 Å². The van der Waals surface area contributed by atoms with Gasteiger partial charge in [-0.3, -0.25) is 0 Å². The molecule has 0 aliphatic rings. The number of rotatable bonds is 4. The Hall–Kier alpha value is -1.30. The average Bonchev–Trinajstić information content (AvgIpc) is 2.50. The Morgan fingerprint density at radius 1 is 0.400 bits per heavy atom. The summed E-state index contributed by atoms with van der Waals surface area (Å²) in [7, 11) is 0. The van der Waals surface area contributed by atoms with E-state index >= 15 is 0 Å². The van der Waals surface area contributed by atoms with Crippen molar-refractivity contribution in [3.05, 3.63) is 84.9 Å². The molecule has 0 amide bonds. The van der Waals surface area contributed by atoms with Gasteiger partial charge in [-0.2, -0.15) is 0 Å². The van der Waals surface area contributed by atoms with E-state index in [0.717, 1.165) is 0 Å². The second-order valence-corrected chi connectivity index (χ2v) is 9.12. The van der Waals surface area contributed by atoms with Crippen molar-refractivity contribution in [1.29, 1.82) is 0 Å².